The average molecular weight is 594 g/mol. The first-order valence-corrected chi connectivity index (χ1v) is 15.8. The Morgan fingerprint density at radius 3 is 2.29 bits per heavy atom. The standard InChI is InChI=1S/C33H44ClN5O3/c1-23(40)39(27-12-17-37(2)18-13-27)28-14-19-38(20-15-28)33(42)31(21-24-7-9-26(34)10-8-24)36-32(41)22-30-29-6-4-3-5-25(29)11-16-35-30/h3-10,27-28,30-31,35H,11-22H2,1-2H3,(H,36,41)/t30?,31-/m1/s1. The second-order valence-electron chi connectivity index (χ2n) is 12.1. The Morgan fingerprint density at radius 1 is 0.976 bits per heavy atom. The van der Waals surface area contributed by atoms with Crippen molar-refractivity contribution in [1.29, 1.82) is 0 Å². The molecular weight excluding hydrogens is 550 g/mol. The van der Waals surface area contributed by atoms with Gasteiger partial charge in [-0.2, -0.15) is 0 Å². The largest absolute Gasteiger partial charge is 0.344 e. The van der Waals surface area contributed by atoms with Gasteiger partial charge in [0.05, 0.1) is 0 Å². The molecule has 2 fully saturated rings. The van der Waals surface area contributed by atoms with Gasteiger partial charge in [0.1, 0.15) is 6.04 Å². The fourth-order valence-corrected chi connectivity index (χ4v) is 7.07. The summed E-state index contributed by atoms with van der Waals surface area (Å²) in [6.45, 7) is 5.65. The SMILES string of the molecule is CC(=O)N(C1CCN(C)CC1)C1CCN(C(=O)[C@@H](Cc2ccc(Cl)cc2)NC(=O)CC2NCCc3ccccc32)CC1. The van der Waals surface area contributed by atoms with Crippen LogP contribution in [0.5, 0.6) is 0 Å². The molecule has 2 atom stereocenters. The van der Waals surface area contributed by atoms with Crippen LogP contribution in [-0.2, 0) is 27.2 Å². The Labute approximate surface area is 254 Å². The topological polar surface area (TPSA) is 85.0 Å². The number of likely N-dealkylation sites (tertiary alicyclic amines) is 2. The first-order chi connectivity index (χ1) is 20.3. The second kappa shape index (κ2) is 14.0. The van der Waals surface area contributed by atoms with Crippen molar-refractivity contribution in [3.8, 4) is 0 Å². The van der Waals surface area contributed by atoms with Crippen molar-refractivity contribution >= 4 is 29.3 Å². The van der Waals surface area contributed by atoms with Crippen molar-refractivity contribution < 1.29 is 14.4 Å². The highest BCUT2D eigenvalue weighted by molar-refractivity contribution is 6.30. The number of carbonyl (C=O) groups is 3. The third-order valence-corrected chi connectivity index (χ3v) is 9.46. The van der Waals surface area contributed by atoms with Crippen LogP contribution in [0.3, 0.4) is 0 Å². The molecule has 42 heavy (non-hydrogen) atoms. The van der Waals surface area contributed by atoms with Crippen LogP contribution in [0.4, 0.5) is 0 Å². The van der Waals surface area contributed by atoms with Gasteiger partial charge in [0.25, 0.3) is 0 Å². The number of nitrogens with one attached hydrogen (secondary N) is 2. The van der Waals surface area contributed by atoms with Gasteiger partial charge in [0, 0.05) is 56.0 Å². The summed E-state index contributed by atoms with van der Waals surface area (Å²) in [5.41, 5.74) is 3.37. The summed E-state index contributed by atoms with van der Waals surface area (Å²) in [7, 11) is 2.13. The number of halogens is 1. The van der Waals surface area contributed by atoms with Crippen molar-refractivity contribution in [1.82, 2.24) is 25.3 Å². The minimum absolute atomic E-state index is 0.0672. The summed E-state index contributed by atoms with van der Waals surface area (Å²) in [5, 5.41) is 7.20. The van der Waals surface area contributed by atoms with E-state index in [-0.39, 0.29) is 42.3 Å². The zero-order valence-electron chi connectivity index (χ0n) is 24.9. The third kappa shape index (κ3) is 7.52. The molecule has 1 unspecified atom stereocenters. The van der Waals surface area contributed by atoms with Gasteiger partial charge < -0.3 is 25.3 Å². The number of benzene rings is 2. The molecule has 0 saturated carbocycles. The quantitative estimate of drug-likeness (QED) is 0.489. The molecule has 2 aromatic carbocycles. The van der Waals surface area contributed by atoms with E-state index in [0.717, 1.165) is 62.9 Å². The van der Waals surface area contributed by atoms with Crippen molar-refractivity contribution in [2.24, 2.45) is 0 Å². The average Bonchev–Trinajstić information content (AvgIpc) is 2.99. The van der Waals surface area contributed by atoms with Crippen LogP contribution in [0, 0.1) is 0 Å². The number of fused-ring (bicyclic) bond motifs is 1. The van der Waals surface area contributed by atoms with Gasteiger partial charge in [-0.25, -0.2) is 0 Å². The van der Waals surface area contributed by atoms with E-state index in [1.165, 1.54) is 5.56 Å². The molecule has 0 aliphatic carbocycles. The molecule has 8 nitrogen and oxygen atoms in total. The minimum atomic E-state index is -0.674. The number of hydrogen-bond acceptors (Lipinski definition) is 5. The maximum atomic E-state index is 13.9. The molecule has 2 aromatic rings. The van der Waals surface area contributed by atoms with Crippen LogP contribution in [-0.4, -0.2) is 90.3 Å². The number of rotatable bonds is 8. The molecule has 0 aromatic heterocycles. The van der Waals surface area contributed by atoms with E-state index in [2.05, 4.69) is 39.6 Å². The molecule has 0 bridgehead atoms. The summed E-state index contributed by atoms with van der Waals surface area (Å²) >= 11 is 6.11. The summed E-state index contributed by atoms with van der Waals surface area (Å²) in [5.74, 6) is -0.0843. The molecule has 9 heteroatoms. The zero-order chi connectivity index (χ0) is 29.6. The molecular formula is C33H44ClN5O3. The predicted molar refractivity (Wildman–Crippen MR) is 165 cm³/mol. The summed E-state index contributed by atoms with van der Waals surface area (Å²) in [4.78, 5) is 46.3. The van der Waals surface area contributed by atoms with Gasteiger partial charge >= 0.3 is 0 Å². The Kier molecular flexibility index (Phi) is 10.2. The molecule has 5 rings (SSSR count). The summed E-state index contributed by atoms with van der Waals surface area (Å²) in [6.07, 6.45) is 5.10. The highest BCUT2D eigenvalue weighted by atomic mass is 35.5. The Balaban J connectivity index is 1.24. The lowest BCUT2D eigenvalue weighted by Gasteiger charge is -2.44. The zero-order valence-corrected chi connectivity index (χ0v) is 25.6. The molecule has 3 aliphatic rings. The van der Waals surface area contributed by atoms with Crippen molar-refractivity contribution in [3.05, 3.63) is 70.2 Å². The molecule has 226 valence electrons. The highest BCUT2D eigenvalue weighted by Gasteiger charge is 2.36. The van der Waals surface area contributed by atoms with Crippen LogP contribution in [0.25, 0.3) is 0 Å². The molecule has 3 amide bonds. The summed E-state index contributed by atoms with van der Waals surface area (Å²) in [6, 6.07) is 15.3. The Bertz CT molecular complexity index is 1240. The first kappa shape index (κ1) is 30.5. The van der Waals surface area contributed by atoms with E-state index in [0.29, 0.717) is 24.5 Å². The molecule has 0 spiro atoms. The van der Waals surface area contributed by atoms with Crippen LogP contribution < -0.4 is 10.6 Å². The maximum absolute atomic E-state index is 13.9. The Morgan fingerprint density at radius 2 is 1.62 bits per heavy atom. The van der Waals surface area contributed by atoms with Crippen LogP contribution >= 0.6 is 11.6 Å². The lowest BCUT2D eigenvalue weighted by atomic mass is 9.92. The molecule has 0 radical (unpaired) electrons. The van der Waals surface area contributed by atoms with E-state index in [9.17, 15) is 14.4 Å². The van der Waals surface area contributed by atoms with Crippen LogP contribution in [0.2, 0.25) is 5.02 Å². The number of amides is 3. The van der Waals surface area contributed by atoms with Crippen molar-refractivity contribution in [2.75, 3.05) is 39.8 Å². The van der Waals surface area contributed by atoms with Crippen molar-refractivity contribution in [3.63, 3.8) is 0 Å². The highest BCUT2D eigenvalue weighted by Crippen LogP contribution is 2.27. The van der Waals surface area contributed by atoms with Gasteiger partial charge in [-0.3, -0.25) is 14.4 Å². The normalized spacial score (nSPS) is 20.9. The summed E-state index contributed by atoms with van der Waals surface area (Å²) < 4.78 is 0. The van der Waals surface area contributed by atoms with Gasteiger partial charge in [-0.05, 0) is 87.6 Å². The monoisotopic (exact) mass is 593 g/mol. The fraction of sp³-hybridized carbons (Fsp3) is 0.545. The van der Waals surface area contributed by atoms with E-state index < -0.39 is 6.04 Å². The molecule has 3 aliphatic heterocycles. The number of carbonyl (C=O) groups excluding carboxylic acids is 3. The number of piperidine rings is 2. The minimum Gasteiger partial charge on any atom is -0.344 e. The molecule has 3 heterocycles. The van der Waals surface area contributed by atoms with Gasteiger partial charge in [0.2, 0.25) is 17.7 Å². The lowest BCUT2D eigenvalue weighted by Crippen LogP contribution is -2.56. The van der Waals surface area contributed by atoms with E-state index in [1.54, 1.807) is 6.92 Å². The number of nitrogens with zero attached hydrogens (tertiary/aromatic N) is 3. The van der Waals surface area contributed by atoms with E-state index in [4.69, 9.17) is 11.6 Å². The third-order valence-electron chi connectivity index (χ3n) is 9.21. The van der Waals surface area contributed by atoms with E-state index in [1.807, 2.05) is 41.3 Å². The fourth-order valence-electron chi connectivity index (χ4n) is 6.94. The van der Waals surface area contributed by atoms with Crippen LogP contribution in [0.1, 0.15) is 61.8 Å². The predicted octanol–water partition coefficient (Wildman–Crippen LogP) is 3.58. The van der Waals surface area contributed by atoms with Gasteiger partial charge in [-0.15, -0.1) is 0 Å². The molecule has 2 N–H and O–H groups in total. The Hall–Kier alpha value is -2.94. The smallest absolute Gasteiger partial charge is 0.245 e. The van der Waals surface area contributed by atoms with Crippen molar-refractivity contribution in [2.45, 2.75) is 76.0 Å². The molecule has 2 saturated heterocycles. The van der Waals surface area contributed by atoms with Gasteiger partial charge in [0.15, 0.2) is 0 Å². The maximum Gasteiger partial charge on any atom is 0.245 e. The van der Waals surface area contributed by atoms with Gasteiger partial charge in [-0.1, -0.05) is 48.0 Å². The lowest BCUT2D eigenvalue weighted by molar-refractivity contribution is -0.140. The van der Waals surface area contributed by atoms with E-state index >= 15 is 0 Å². The second-order valence-corrected chi connectivity index (χ2v) is 12.6. The van der Waals surface area contributed by atoms with Crippen LogP contribution in [0.15, 0.2) is 48.5 Å². The first-order valence-electron chi connectivity index (χ1n) is 15.4. The number of hydrogen-bond donors (Lipinski definition) is 2.